The van der Waals surface area contributed by atoms with Crippen molar-refractivity contribution < 1.29 is 4.39 Å². The second-order valence-electron chi connectivity index (χ2n) is 4.63. The summed E-state index contributed by atoms with van der Waals surface area (Å²) in [5, 5.41) is 0.946. The van der Waals surface area contributed by atoms with E-state index in [2.05, 4.69) is 30.8 Å². The van der Waals surface area contributed by atoms with Gasteiger partial charge in [0.1, 0.15) is 6.33 Å². The summed E-state index contributed by atoms with van der Waals surface area (Å²) >= 11 is 3.48. The summed E-state index contributed by atoms with van der Waals surface area (Å²) in [4.78, 5) is 10.3. The van der Waals surface area contributed by atoms with Gasteiger partial charge in [0, 0.05) is 17.9 Å². The minimum atomic E-state index is -0.235. The molecule has 1 aliphatic heterocycles. The Morgan fingerprint density at radius 2 is 2.28 bits per heavy atom. The molecule has 2 rings (SSSR count). The van der Waals surface area contributed by atoms with Gasteiger partial charge < -0.3 is 4.90 Å². The van der Waals surface area contributed by atoms with E-state index in [-0.39, 0.29) is 5.82 Å². The molecule has 1 saturated heterocycles. The third kappa shape index (κ3) is 2.82. The van der Waals surface area contributed by atoms with Crippen LogP contribution in [0.1, 0.15) is 38.3 Å². The zero-order valence-corrected chi connectivity index (χ0v) is 12.3. The van der Waals surface area contributed by atoms with E-state index in [1.165, 1.54) is 12.7 Å². The zero-order valence-electron chi connectivity index (χ0n) is 10.7. The van der Waals surface area contributed by atoms with Crippen molar-refractivity contribution >= 4 is 21.7 Å². The predicted octanol–water partition coefficient (Wildman–Crippen LogP) is 3.32. The largest absolute Gasteiger partial charge is 0.351 e. The summed E-state index contributed by atoms with van der Waals surface area (Å²) in [6, 6.07) is 0.396. The van der Waals surface area contributed by atoms with E-state index in [9.17, 15) is 4.39 Å². The molecule has 0 N–H and O–H groups in total. The number of hydrogen-bond acceptors (Lipinski definition) is 3. The molecule has 3 nitrogen and oxygen atoms in total. The monoisotopic (exact) mass is 315 g/mol. The van der Waals surface area contributed by atoms with Crippen molar-refractivity contribution in [3.05, 3.63) is 17.8 Å². The zero-order chi connectivity index (χ0) is 13.0. The van der Waals surface area contributed by atoms with Gasteiger partial charge in [-0.15, -0.1) is 0 Å². The summed E-state index contributed by atoms with van der Waals surface area (Å²) in [5.74, 6) is 0.258. The van der Waals surface area contributed by atoms with Crippen molar-refractivity contribution in [3.8, 4) is 0 Å². The number of nitrogens with zero attached hydrogens (tertiary/aromatic N) is 3. The van der Waals surface area contributed by atoms with Crippen LogP contribution in [0.15, 0.2) is 6.33 Å². The average Bonchev–Trinajstić information content (AvgIpc) is 2.40. The standard InChI is InChI=1S/C13H19BrFN3/c1-2-11-12(15)13(17-9-16-11)18-8-4-3-5-10(18)6-7-14/h9-10H,2-8H2,1H3. The molecule has 1 fully saturated rings. The molecule has 1 aromatic heterocycles. The highest BCUT2D eigenvalue weighted by Crippen LogP contribution is 2.28. The number of alkyl halides is 1. The third-order valence-corrected chi connectivity index (χ3v) is 3.98. The first-order valence-corrected chi connectivity index (χ1v) is 7.72. The molecule has 18 heavy (non-hydrogen) atoms. The van der Waals surface area contributed by atoms with E-state index < -0.39 is 0 Å². The summed E-state index contributed by atoms with van der Waals surface area (Å²) in [5.41, 5.74) is 0.517. The molecule has 1 aliphatic rings. The van der Waals surface area contributed by atoms with Gasteiger partial charge in [0.05, 0.1) is 5.69 Å². The molecule has 0 amide bonds. The summed E-state index contributed by atoms with van der Waals surface area (Å²) < 4.78 is 14.3. The molecule has 0 radical (unpaired) electrons. The Hall–Kier alpha value is -0.710. The Labute approximate surface area is 116 Å². The maximum absolute atomic E-state index is 14.3. The quantitative estimate of drug-likeness (QED) is 0.798. The molecule has 1 unspecified atom stereocenters. The number of aromatic nitrogens is 2. The molecule has 5 heteroatoms. The van der Waals surface area contributed by atoms with Crippen LogP contribution >= 0.6 is 15.9 Å². The van der Waals surface area contributed by atoms with E-state index in [4.69, 9.17) is 0 Å². The van der Waals surface area contributed by atoms with E-state index >= 15 is 0 Å². The van der Waals surface area contributed by atoms with Gasteiger partial charge in [0.2, 0.25) is 0 Å². The molecule has 0 aromatic carbocycles. The normalized spacial score (nSPS) is 20.2. The second-order valence-corrected chi connectivity index (χ2v) is 5.43. The van der Waals surface area contributed by atoms with Crippen LogP contribution in [0.5, 0.6) is 0 Å². The van der Waals surface area contributed by atoms with Gasteiger partial charge in [-0.05, 0) is 32.1 Å². The fourth-order valence-electron chi connectivity index (χ4n) is 2.55. The highest BCUT2D eigenvalue weighted by Gasteiger charge is 2.26. The van der Waals surface area contributed by atoms with Gasteiger partial charge in [0.15, 0.2) is 11.6 Å². The van der Waals surface area contributed by atoms with Gasteiger partial charge in [-0.25, -0.2) is 14.4 Å². The highest BCUT2D eigenvalue weighted by molar-refractivity contribution is 9.09. The molecule has 1 atom stereocenters. The second kappa shape index (κ2) is 6.45. The van der Waals surface area contributed by atoms with E-state index in [1.807, 2.05) is 6.92 Å². The van der Waals surface area contributed by atoms with Crippen LogP contribution in [0.3, 0.4) is 0 Å². The molecular weight excluding hydrogens is 297 g/mol. The molecule has 0 saturated carbocycles. The van der Waals surface area contributed by atoms with Crippen molar-refractivity contribution in [2.75, 3.05) is 16.8 Å². The average molecular weight is 316 g/mol. The van der Waals surface area contributed by atoms with Gasteiger partial charge in [0.25, 0.3) is 0 Å². The van der Waals surface area contributed by atoms with E-state index in [1.54, 1.807) is 0 Å². The predicted molar refractivity (Wildman–Crippen MR) is 74.8 cm³/mol. The number of rotatable bonds is 4. The van der Waals surface area contributed by atoms with Crippen LogP contribution in [-0.2, 0) is 6.42 Å². The van der Waals surface area contributed by atoms with Gasteiger partial charge in [-0.1, -0.05) is 22.9 Å². The summed E-state index contributed by atoms with van der Waals surface area (Å²) in [6.07, 6.45) is 6.59. The van der Waals surface area contributed by atoms with Crippen LogP contribution in [0.2, 0.25) is 0 Å². The fraction of sp³-hybridized carbons (Fsp3) is 0.692. The van der Waals surface area contributed by atoms with Crippen molar-refractivity contribution in [1.82, 2.24) is 9.97 Å². The molecule has 0 spiro atoms. The maximum atomic E-state index is 14.3. The number of piperidine rings is 1. The molecule has 100 valence electrons. The number of halogens is 2. The van der Waals surface area contributed by atoms with Crippen molar-refractivity contribution in [2.24, 2.45) is 0 Å². The van der Waals surface area contributed by atoms with Crippen LogP contribution in [0.4, 0.5) is 10.2 Å². The van der Waals surface area contributed by atoms with Crippen LogP contribution in [0.25, 0.3) is 0 Å². The Kier molecular flexibility index (Phi) is 4.92. The summed E-state index contributed by atoms with van der Waals surface area (Å²) in [7, 11) is 0. The van der Waals surface area contributed by atoms with Gasteiger partial charge >= 0.3 is 0 Å². The molecule has 1 aromatic rings. The van der Waals surface area contributed by atoms with Crippen molar-refractivity contribution in [2.45, 2.75) is 45.1 Å². The number of aryl methyl sites for hydroxylation is 1. The van der Waals surface area contributed by atoms with Crippen molar-refractivity contribution in [3.63, 3.8) is 0 Å². The minimum Gasteiger partial charge on any atom is -0.351 e. The Balaban J connectivity index is 2.27. The van der Waals surface area contributed by atoms with Gasteiger partial charge in [-0.3, -0.25) is 0 Å². The lowest BCUT2D eigenvalue weighted by molar-refractivity contribution is 0.439. The van der Waals surface area contributed by atoms with Crippen LogP contribution in [0, 0.1) is 5.82 Å². The highest BCUT2D eigenvalue weighted by atomic mass is 79.9. The summed E-state index contributed by atoms with van der Waals surface area (Å²) in [6.45, 7) is 2.82. The van der Waals surface area contributed by atoms with Crippen LogP contribution < -0.4 is 4.90 Å². The smallest absolute Gasteiger partial charge is 0.187 e. The van der Waals surface area contributed by atoms with E-state index in [0.29, 0.717) is 24.0 Å². The first kappa shape index (κ1) is 13.7. The number of hydrogen-bond donors (Lipinski definition) is 0. The Morgan fingerprint density at radius 3 is 3.00 bits per heavy atom. The molecule has 0 aliphatic carbocycles. The molecule has 0 bridgehead atoms. The topological polar surface area (TPSA) is 29.0 Å². The lowest BCUT2D eigenvalue weighted by atomic mass is 10.00. The first-order valence-electron chi connectivity index (χ1n) is 6.60. The Bertz CT molecular complexity index is 398. The lowest BCUT2D eigenvalue weighted by Gasteiger charge is -2.36. The van der Waals surface area contributed by atoms with Crippen LogP contribution in [-0.4, -0.2) is 27.9 Å². The fourth-order valence-corrected chi connectivity index (χ4v) is 3.08. The molecule has 2 heterocycles. The lowest BCUT2D eigenvalue weighted by Crippen LogP contribution is -2.41. The third-order valence-electron chi connectivity index (χ3n) is 3.52. The van der Waals surface area contributed by atoms with Crippen molar-refractivity contribution in [1.29, 1.82) is 0 Å². The molecular formula is C13H19BrFN3. The maximum Gasteiger partial charge on any atom is 0.187 e. The SMILES string of the molecule is CCc1ncnc(N2CCCCC2CCBr)c1F. The number of anilines is 1. The minimum absolute atomic E-state index is 0.235. The first-order chi connectivity index (χ1) is 8.77. The Morgan fingerprint density at radius 1 is 1.44 bits per heavy atom. The van der Waals surface area contributed by atoms with Gasteiger partial charge in [-0.2, -0.15) is 0 Å². The van der Waals surface area contributed by atoms with E-state index in [0.717, 1.165) is 31.1 Å².